The van der Waals surface area contributed by atoms with E-state index in [1.165, 1.54) is 6.07 Å². The Morgan fingerprint density at radius 1 is 1.23 bits per heavy atom. The Hall–Kier alpha value is -3.28. The van der Waals surface area contributed by atoms with Crippen molar-refractivity contribution in [3.05, 3.63) is 40.7 Å². The quantitative estimate of drug-likeness (QED) is 0.270. The molecule has 3 aliphatic carbocycles. The van der Waals surface area contributed by atoms with E-state index in [9.17, 15) is 39.6 Å². The number of aliphatic hydroxyl groups excluding tert-OH is 2. The topological polar surface area (TPSA) is 188 Å². The third-order valence-electron chi connectivity index (χ3n) is 7.37. The number of hydrogen-bond donors (Lipinski definition) is 5. The van der Waals surface area contributed by atoms with Gasteiger partial charge in [-0.05, 0) is 38.1 Å². The van der Waals surface area contributed by atoms with Gasteiger partial charge in [-0.1, -0.05) is 19.1 Å². The molecule has 0 bridgehead atoms. The van der Waals surface area contributed by atoms with Crippen molar-refractivity contribution >= 4 is 23.4 Å². The van der Waals surface area contributed by atoms with Gasteiger partial charge in [0.1, 0.15) is 23.5 Å². The number of carbonyl (C=O) groups is 4. The number of hydrogen-bond acceptors (Lipinski definition) is 10. The number of carbonyl (C=O) groups excluding carboxylic acids is 4. The largest absolute Gasteiger partial charge is 0.508 e. The summed E-state index contributed by atoms with van der Waals surface area (Å²) in [6.07, 6.45) is -3.32. The number of primary amides is 1. The molecular weight excluding hydrogens is 460 g/mol. The second kappa shape index (κ2) is 8.43. The van der Waals surface area contributed by atoms with E-state index in [2.05, 4.69) is 0 Å². The molecule has 3 aliphatic rings. The van der Waals surface area contributed by atoms with Gasteiger partial charge in [-0.25, -0.2) is 0 Å². The van der Waals surface area contributed by atoms with Gasteiger partial charge in [-0.15, -0.1) is 0 Å². The first-order chi connectivity index (χ1) is 16.3. The van der Waals surface area contributed by atoms with Crippen LogP contribution < -0.4 is 5.73 Å². The lowest BCUT2D eigenvalue weighted by Crippen LogP contribution is -2.67. The van der Waals surface area contributed by atoms with E-state index >= 15 is 0 Å². The molecule has 1 aromatic rings. The first-order valence-corrected chi connectivity index (χ1v) is 11.2. The summed E-state index contributed by atoms with van der Waals surface area (Å²) < 4.78 is 5.73. The number of aromatic hydroxyl groups is 1. The number of aliphatic hydroxyl groups is 3. The maximum atomic E-state index is 13.6. The zero-order chi connectivity index (χ0) is 26.0. The summed E-state index contributed by atoms with van der Waals surface area (Å²) in [7, 11) is 3.26. The van der Waals surface area contributed by atoms with E-state index in [4.69, 9.17) is 10.5 Å². The first-order valence-electron chi connectivity index (χ1n) is 11.2. The Labute approximate surface area is 200 Å². The summed E-state index contributed by atoms with van der Waals surface area (Å²) >= 11 is 0. The fourth-order valence-electron chi connectivity index (χ4n) is 5.83. The number of phenolic OH excluding ortho intramolecular Hbond substituents is 1. The molecule has 0 spiro atoms. The molecule has 11 nitrogen and oxygen atoms in total. The second-order valence-electron chi connectivity index (χ2n) is 9.76. The fraction of sp³-hybridized carbons (Fsp3) is 0.500. The van der Waals surface area contributed by atoms with Crippen molar-refractivity contribution < 1.29 is 44.3 Å². The van der Waals surface area contributed by atoms with Crippen LogP contribution >= 0.6 is 0 Å². The molecule has 2 unspecified atom stereocenters. The van der Waals surface area contributed by atoms with Crippen LogP contribution in [0.2, 0.25) is 0 Å². The Bertz CT molecular complexity index is 1160. The number of ketones is 2. The molecule has 0 saturated heterocycles. The van der Waals surface area contributed by atoms with Crippen LogP contribution in [0.15, 0.2) is 29.5 Å². The van der Waals surface area contributed by atoms with Gasteiger partial charge in [0.05, 0.1) is 18.2 Å². The van der Waals surface area contributed by atoms with Crippen molar-refractivity contribution in [3.63, 3.8) is 0 Å². The average Bonchev–Trinajstić information content (AvgIpc) is 2.75. The SMILES string of the molecule is C[C@H]1c2cccc(O)c2C(=O)C2=C(O)[C@]3(O)C(=O)C(C(N)=O)C(O)C[C@@H]3[C@@H](OC(=O)CN(C)C)[C@@H]21. The van der Waals surface area contributed by atoms with Gasteiger partial charge in [0.25, 0.3) is 0 Å². The van der Waals surface area contributed by atoms with E-state index in [-0.39, 0.29) is 23.4 Å². The van der Waals surface area contributed by atoms with Crippen LogP contribution in [-0.2, 0) is 19.1 Å². The van der Waals surface area contributed by atoms with Crippen LogP contribution in [0, 0.1) is 17.8 Å². The third-order valence-corrected chi connectivity index (χ3v) is 7.37. The number of Topliss-reactive ketones (excluding diaryl/α,β-unsaturated/α-hetero) is 2. The molecule has 0 aromatic heterocycles. The van der Waals surface area contributed by atoms with Gasteiger partial charge in [-0.3, -0.25) is 24.1 Å². The minimum Gasteiger partial charge on any atom is -0.508 e. The molecule has 35 heavy (non-hydrogen) atoms. The number of phenols is 1. The van der Waals surface area contributed by atoms with Gasteiger partial charge in [0.2, 0.25) is 5.91 Å². The van der Waals surface area contributed by atoms with Gasteiger partial charge in [-0.2, -0.15) is 0 Å². The summed E-state index contributed by atoms with van der Waals surface area (Å²) in [6, 6.07) is 4.46. The van der Waals surface area contributed by atoms with Crippen LogP contribution in [0.1, 0.15) is 35.2 Å². The van der Waals surface area contributed by atoms with Crippen LogP contribution in [0.25, 0.3) is 0 Å². The Kier molecular flexibility index (Phi) is 5.98. The third kappa shape index (κ3) is 3.53. The van der Waals surface area contributed by atoms with E-state index < -0.39 is 77.1 Å². The van der Waals surface area contributed by atoms with Crippen molar-refractivity contribution in [2.24, 2.45) is 23.5 Å². The molecule has 0 aliphatic heterocycles. The second-order valence-corrected chi connectivity index (χ2v) is 9.76. The zero-order valence-electron chi connectivity index (χ0n) is 19.5. The number of nitrogens with zero attached hydrogens (tertiary/aromatic N) is 1. The summed E-state index contributed by atoms with van der Waals surface area (Å²) in [4.78, 5) is 53.0. The monoisotopic (exact) mass is 488 g/mol. The molecule has 6 N–H and O–H groups in total. The number of esters is 1. The standard InChI is InChI=1S/C24H28N2O9/c1-9-10-5-4-6-12(27)16(10)19(30)18-15(9)20(35-14(29)8-26(2)3)11-7-13(28)17(23(25)33)21(31)24(11,34)22(18)32/h4-6,9,11,13,15,17,20,27-28,32,34H,7-8H2,1-3H3,(H2,25,33)/t9-,11+,13?,15+,17?,20+,24+/m0/s1. The summed E-state index contributed by atoms with van der Waals surface area (Å²) in [5.41, 5.74) is 2.42. The van der Waals surface area contributed by atoms with Gasteiger partial charge in [0.15, 0.2) is 17.2 Å². The van der Waals surface area contributed by atoms with Crippen LogP contribution in [0.5, 0.6) is 5.75 Å². The number of ether oxygens (including phenoxy) is 1. The van der Waals surface area contributed by atoms with Crippen LogP contribution in [0.3, 0.4) is 0 Å². The van der Waals surface area contributed by atoms with E-state index in [0.29, 0.717) is 5.56 Å². The van der Waals surface area contributed by atoms with Crippen molar-refractivity contribution in [2.75, 3.05) is 20.6 Å². The highest BCUT2D eigenvalue weighted by Crippen LogP contribution is 2.55. The van der Waals surface area contributed by atoms with Crippen LogP contribution in [-0.4, -0.2) is 87.2 Å². The molecule has 1 aromatic carbocycles. The summed E-state index contributed by atoms with van der Waals surface area (Å²) in [5.74, 6) is -10.2. The molecule has 11 heteroatoms. The molecule has 1 fully saturated rings. The number of nitrogens with two attached hydrogens (primary N) is 1. The molecule has 1 saturated carbocycles. The predicted octanol–water partition coefficient (Wildman–Crippen LogP) is -0.610. The fourth-order valence-corrected chi connectivity index (χ4v) is 5.83. The number of rotatable bonds is 4. The smallest absolute Gasteiger partial charge is 0.320 e. The van der Waals surface area contributed by atoms with Crippen molar-refractivity contribution in [1.29, 1.82) is 0 Å². The Balaban J connectivity index is 1.96. The van der Waals surface area contributed by atoms with Crippen molar-refractivity contribution in [3.8, 4) is 5.75 Å². The van der Waals surface area contributed by atoms with Gasteiger partial charge >= 0.3 is 5.97 Å². The molecule has 7 atom stereocenters. The number of fused-ring (bicyclic) bond motifs is 3. The van der Waals surface area contributed by atoms with E-state index in [0.717, 1.165) is 0 Å². The van der Waals surface area contributed by atoms with Crippen LogP contribution in [0.4, 0.5) is 0 Å². The maximum absolute atomic E-state index is 13.6. The van der Waals surface area contributed by atoms with Gasteiger partial charge in [0, 0.05) is 17.4 Å². The number of benzene rings is 1. The van der Waals surface area contributed by atoms with Gasteiger partial charge < -0.3 is 30.9 Å². The van der Waals surface area contributed by atoms with Crippen molar-refractivity contribution in [1.82, 2.24) is 4.90 Å². The maximum Gasteiger partial charge on any atom is 0.320 e. The molecule has 0 radical (unpaired) electrons. The van der Waals surface area contributed by atoms with E-state index in [1.807, 2.05) is 0 Å². The Morgan fingerprint density at radius 3 is 2.49 bits per heavy atom. The Morgan fingerprint density at radius 2 is 1.89 bits per heavy atom. The first kappa shape index (κ1) is 24.8. The summed E-state index contributed by atoms with van der Waals surface area (Å²) in [6.45, 7) is 1.55. The number of amides is 1. The lowest BCUT2D eigenvalue weighted by molar-refractivity contribution is -0.190. The number of likely N-dealkylation sites (N-methyl/N-ethyl adjacent to an activating group) is 1. The zero-order valence-corrected chi connectivity index (χ0v) is 19.5. The minimum absolute atomic E-state index is 0.104. The van der Waals surface area contributed by atoms with Crippen molar-refractivity contribution in [2.45, 2.75) is 37.1 Å². The molecule has 4 rings (SSSR count). The highest BCUT2D eigenvalue weighted by molar-refractivity contribution is 6.15. The molecule has 0 heterocycles. The average molecular weight is 488 g/mol. The molecule has 1 amide bonds. The van der Waals surface area contributed by atoms with E-state index in [1.54, 1.807) is 38.1 Å². The minimum atomic E-state index is -2.81. The lowest BCUT2D eigenvalue weighted by atomic mass is 9.54. The summed E-state index contributed by atoms with van der Waals surface area (Å²) in [5, 5.41) is 43.8. The lowest BCUT2D eigenvalue weighted by Gasteiger charge is -2.53. The normalized spacial score (nSPS) is 34.2. The highest BCUT2D eigenvalue weighted by atomic mass is 16.5. The predicted molar refractivity (Wildman–Crippen MR) is 119 cm³/mol. The highest BCUT2D eigenvalue weighted by Gasteiger charge is 2.67. The molecular formula is C24H28N2O9. The molecule has 188 valence electrons.